The van der Waals surface area contributed by atoms with Crippen LogP contribution in [0.3, 0.4) is 0 Å². The van der Waals surface area contributed by atoms with Gasteiger partial charge in [0.25, 0.3) is 0 Å². The maximum Gasteiger partial charge on any atom is 0.399 e. The molecule has 0 aliphatic carbocycles. The molecule has 10 heteroatoms. The summed E-state index contributed by atoms with van der Waals surface area (Å²) < 4.78 is 41.2. The van der Waals surface area contributed by atoms with E-state index in [2.05, 4.69) is 47.8 Å². The second kappa shape index (κ2) is 10.2. The van der Waals surface area contributed by atoms with E-state index in [-0.39, 0.29) is 9.72 Å². The molecule has 0 bridgehead atoms. The monoisotopic (exact) mass is 654 g/mol. The molecule has 0 aliphatic rings. The van der Waals surface area contributed by atoms with Gasteiger partial charge >= 0.3 is 13.3 Å². The van der Waals surface area contributed by atoms with Crippen LogP contribution in [0.1, 0.15) is 27.5 Å². The first-order valence-electron chi connectivity index (χ1n) is 8.84. The van der Waals surface area contributed by atoms with E-state index in [1.165, 1.54) is 12.1 Å². The molecule has 0 atom stereocenters. The third kappa shape index (κ3) is 6.08. The molecule has 0 saturated heterocycles. The fraction of sp³-hybridized carbons (Fsp3) is 0.143. The summed E-state index contributed by atoms with van der Waals surface area (Å²) in [5.74, 6) is 0.511. The van der Waals surface area contributed by atoms with Crippen LogP contribution in [0.2, 0.25) is 0 Å². The van der Waals surface area contributed by atoms with E-state index in [0.29, 0.717) is 5.75 Å². The van der Waals surface area contributed by atoms with E-state index in [9.17, 15) is 13.3 Å². The number of benzene rings is 3. The number of alkyl halides is 2. The molecule has 0 unspecified atom stereocenters. The summed E-state index contributed by atoms with van der Waals surface area (Å²) in [6, 6.07) is 20.0. The summed E-state index contributed by atoms with van der Waals surface area (Å²) in [6.07, 6.45) is 0. The lowest BCUT2D eigenvalue weighted by molar-refractivity contribution is 0.0557. The molecule has 2 N–H and O–H groups in total. The van der Waals surface area contributed by atoms with Gasteiger partial charge in [-0.05, 0) is 47.0 Å². The van der Waals surface area contributed by atoms with Crippen LogP contribution >= 0.6 is 67.1 Å². The standard InChI is InChI=1S/C21H16Br3F2O3PS/c22-16-6-2-14(3-7-16)20(15-4-8-17(23)9-5-15)31-12-13-1-10-18(19(24)11-13)21(25,26)30(27,28)29/h1-11,20H,12H2,(H2,27,28,29). The van der Waals surface area contributed by atoms with Gasteiger partial charge in [-0.2, -0.15) is 8.78 Å². The Morgan fingerprint density at radius 1 is 0.871 bits per heavy atom. The van der Waals surface area contributed by atoms with Crippen LogP contribution < -0.4 is 0 Å². The van der Waals surface area contributed by atoms with Gasteiger partial charge in [0.05, 0.1) is 5.25 Å². The molecule has 3 nitrogen and oxygen atoms in total. The van der Waals surface area contributed by atoms with Crippen molar-refractivity contribution in [2.75, 3.05) is 0 Å². The zero-order valence-electron chi connectivity index (χ0n) is 15.7. The summed E-state index contributed by atoms with van der Waals surface area (Å²) in [4.78, 5) is 18.0. The first-order chi connectivity index (χ1) is 14.5. The SMILES string of the molecule is O=P(O)(O)C(F)(F)c1ccc(CSC(c2ccc(Br)cc2)c2ccc(Br)cc2)cc1Br. The average molecular weight is 657 g/mol. The highest BCUT2D eigenvalue weighted by atomic mass is 79.9. The van der Waals surface area contributed by atoms with E-state index in [4.69, 9.17) is 9.79 Å². The predicted octanol–water partition coefficient (Wildman–Crippen LogP) is 8.22. The minimum atomic E-state index is -5.63. The molecular formula is C21H16Br3F2O3PS. The number of rotatable bonds is 7. The minimum Gasteiger partial charge on any atom is -0.320 e. The zero-order valence-corrected chi connectivity index (χ0v) is 22.2. The van der Waals surface area contributed by atoms with Gasteiger partial charge in [0.1, 0.15) is 0 Å². The predicted molar refractivity (Wildman–Crippen MR) is 132 cm³/mol. The van der Waals surface area contributed by atoms with Gasteiger partial charge in [-0.25, -0.2) is 0 Å². The molecule has 3 aromatic carbocycles. The Kier molecular flexibility index (Phi) is 8.22. The van der Waals surface area contributed by atoms with Crippen LogP contribution in [0.25, 0.3) is 0 Å². The molecule has 0 heterocycles. The van der Waals surface area contributed by atoms with E-state index >= 15 is 0 Å². The second-order valence-electron chi connectivity index (χ2n) is 6.69. The van der Waals surface area contributed by atoms with Crippen molar-refractivity contribution in [1.29, 1.82) is 0 Å². The van der Waals surface area contributed by atoms with Crippen molar-refractivity contribution < 1.29 is 23.1 Å². The van der Waals surface area contributed by atoms with E-state index in [0.717, 1.165) is 31.7 Å². The van der Waals surface area contributed by atoms with E-state index < -0.39 is 18.8 Å². The summed E-state index contributed by atoms with van der Waals surface area (Å²) in [5.41, 5.74) is -2.04. The molecule has 31 heavy (non-hydrogen) atoms. The van der Waals surface area contributed by atoms with Crippen LogP contribution in [0.4, 0.5) is 8.78 Å². The van der Waals surface area contributed by atoms with Crippen LogP contribution in [0, 0.1) is 0 Å². The van der Waals surface area contributed by atoms with Crippen molar-refractivity contribution in [3.05, 3.63) is 102 Å². The summed E-state index contributed by atoms with van der Waals surface area (Å²) in [7, 11) is -5.63. The topological polar surface area (TPSA) is 57.5 Å². The Bertz CT molecular complexity index is 1060. The van der Waals surface area contributed by atoms with Crippen molar-refractivity contribution in [2.24, 2.45) is 0 Å². The summed E-state index contributed by atoms with van der Waals surface area (Å²) in [5, 5.41) is 0.0104. The van der Waals surface area contributed by atoms with Crippen molar-refractivity contribution in [2.45, 2.75) is 16.7 Å². The number of hydrogen-bond donors (Lipinski definition) is 2. The number of hydrogen-bond acceptors (Lipinski definition) is 2. The lowest BCUT2D eigenvalue weighted by Crippen LogP contribution is -2.14. The van der Waals surface area contributed by atoms with Gasteiger partial charge < -0.3 is 9.79 Å². The first-order valence-corrected chi connectivity index (χ1v) is 13.9. The summed E-state index contributed by atoms with van der Waals surface area (Å²) in [6.45, 7) is 0. The van der Waals surface area contributed by atoms with Crippen molar-refractivity contribution >= 4 is 67.1 Å². The lowest BCUT2D eigenvalue weighted by Gasteiger charge is -2.21. The normalized spacial score (nSPS) is 12.4. The quantitative estimate of drug-likeness (QED) is 0.252. The molecule has 0 saturated carbocycles. The maximum atomic E-state index is 14.1. The van der Waals surface area contributed by atoms with Gasteiger partial charge in [0.15, 0.2) is 0 Å². The molecule has 0 radical (unpaired) electrons. The minimum absolute atomic E-state index is 0.0104. The van der Waals surface area contributed by atoms with Gasteiger partial charge in [0.2, 0.25) is 0 Å². The molecule has 164 valence electrons. The van der Waals surface area contributed by atoms with Crippen molar-refractivity contribution in [1.82, 2.24) is 0 Å². The third-order valence-corrected chi connectivity index (χ3v) is 8.55. The fourth-order valence-corrected chi connectivity index (χ4v) is 5.99. The van der Waals surface area contributed by atoms with Gasteiger partial charge in [0, 0.05) is 24.7 Å². The molecule has 0 fully saturated rings. The molecule has 0 aliphatic heterocycles. The van der Waals surface area contributed by atoms with Crippen molar-refractivity contribution in [3.63, 3.8) is 0 Å². The van der Waals surface area contributed by atoms with Crippen LogP contribution in [-0.2, 0) is 16.0 Å². The molecule has 3 rings (SSSR count). The molecular weight excluding hydrogens is 641 g/mol. The smallest absolute Gasteiger partial charge is 0.320 e. The Labute approximate surface area is 208 Å². The van der Waals surface area contributed by atoms with Crippen LogP contribution in [-0.4, -0.2) is 9.79 Å². The number of halogens is 5. The average Bonchev–Trinajstić information content (AvgIpc) is 2.69. The maximum absolute atomic E-state index is 14.1. The van der Waals surface area contributed by atoms with Gasteiger partial charge in [-0.1, -0.05) is 84.2 Å². The van der Waals surface area contributed by atoms with Crippen LogP contribution in [0.15, 0.2) is 80.1 Å². The Balaban J connectivity index is 1.86. The first kappa shape index (κ1) is 25.1. The molecule has 0 spiro atoms. The largest absolute Gasteiger partial charge is 0.399 e. The molecule has 3 aromatic rings. The van der Waals surface area contributed by atoms with E-state index in [1.807, 2.05) is 48.5 Å². The molecule has 0 amide bonds. The lowest BCUT2D eigenvalue weighted by atomic mass is 10.0. The Morgan fingerprint density at radius 3 is 1.77 bits per heavy atom. The summed E-state index contributed by atoms with van der Waals surface area (Å²) >= 11 is 11.6. The van der Waals surface area contributed by atoms with Gasteiger partial charge in [-0.15, -0.1) is 11.8 Å². The Morgan fingerprint density at radius 2 is 1.35 bits per heavy atom. The zero-order chi connectivity index (χ0) is 22.8. The third-order valence-electron chi connectivity index (χ3n) is 4.49. The highest BCUT2D eigenvalue weighted by Gasteiger charge is 2.51. The highest BCUT2D eigenvalue weighted by molar-refractivity contribution is 9.11. The Hall–Kier alpha value is -0.540. The van der Waals surface area contributed by atoms with Gasteiger partial charge in [-0.3, -0.25) is 4.57 Å². The number of thioether (sulfide) groups is 1. The van der Waals surface area contributed by atoms with Crippen molar-refractivity contribution in [3.8, 4) is 0 Å². The fourth-order valence-electron chi connectivity index (χ4n) is 2.89. The van der Waals surface area contributed by atoms with Crippen LogP contribution in [0.5, 0.6) is 0 Å². The van der Waals surface area contributed by atoms with E-state index in [1.54, 1.807) is 11.8 Å². The molecule has 0 aromatic heterocycles. The second-order valence-corrected chi connectivity index (χ2v) is 12.1. The highest BCUT2D eigenvalue weighted by Crippen LogP contribution is 2.60.